The fourth-order valence-corrected chi connectivity index (χ4v) is 2.06. The molecule has 2 rings (SSSR count). The Labute approximate surface area is 113 Å². The SMILES string of the molecule is O=C(NCCCO)NCCc1ccc2c(c1)CCO2. The van der Waals surface area contributed by atoms with Crippen molar-refractivity contribution in [3.8, 4) is 5.75 Å². The highest BCUT2D eigenvalue weighted by atomic mass is 16.5. The van der Waals surface area contributed by atoms with Crippen LogP contribution in [0.4, 0.5) is 4.79 Å². The molecule has 1 heterocycles. The van der Waals surface area contributed by atoms with Crippen molar-refractivity contribution in [1.29, 1.82) is 0 Å². The molecule has 19 heavy (non-hydrogen) atoms. The predicted molar refractivity (Wildman–Crippen MR) is 72.4 cm³/mol. The van der Waals surface area contributed by atoms with Gasteiger partial charge in [0.2, 0.25) is 0 Å². The third-order valence-electron chi connectivity index (χ3n) is 3.07. The van der Waals surface area contributed by atoms with E-state index in [4.69, 9.17) is 9.84 Å². The Morgan fingerprint density at radius 3 is 3.00 bits per heavy atom. The Kier molecular flexibility index (Phi) is 5.03. The van der Waals surface area contributed by atoms with Crippen LogP contribution in [0.1, 0.15) is 17.5 Å². The molecule has 0 atom stereocenters. The molecule has 0 saturated carbocycles. The number of carbonyl (C=O) groups is 1. The summed E-state index contributed by atoms with van der Waals surface area (Å²) >= 11 is 0. The van der Waals surface area contributed by atoms with Gasteiger partial charge in [-0.15, -0.1) is 0 Å². The zero-order valence-corrected chi connectivity index (χ0v) is 10.9. The zero-order valence-electron chi connectivity index (χ0n) is 10.9. The topological polar surface area (TPSA) is 70.6 Å². The minimum Gasteiger partial charge on any atom is -0.493 e. The van der Waals surface area contributed by atoms with Gasteiger partial charge in [0.05, 0.1) is 6.61 Å². The van der Waals surface area contributed by atoms with Gasteiger partial charge in [-0.3, -0.25) is 0 Å². The Morgan fingerprint density at radius 2 is 2.16 bits per heavy atom. The number of aliphatic hydroxyl groups excluding tert-OH is 1. The molecule has 0 saturated heterocycles. The average molecular weight is 264 g/mol. The number of ether oxygens (including phenoxy) is 1. The minimum atomic E-state index is -0.182. The minimum absolute atomic E-state index is 0.0947. The number of benzene rings is 1. The molecular weight excluding hydrogens is 244 g/mol. The lowest BCUT2D eigenvalue weighted by Gasteiger charge is -2.07. The molecule has 0 aliphatic carbocycles. The Balaban J connectivity index is 1.69. The van der Waals surface area contributed by atoms with E-state index in [-0.39, 0.29) is 12.6 Å². The lowest BCUT2D eigenvalue weighted by molar-refractivity contribution is 0.238. The van der Waals surface area contributed by atoms with E-state index in [2.05, 4.69) is 16.7 Å². The van der Waals surface area contributed by atoms with Gasteiger partial charge in [0.15, 0.2) is 0 Å². The first-order valence-electron chi connectivity index (χ1n) is 6.67. The van der Waals surface area contributed by atoms with Gasteiger partial charge in [0.1, 0.15) is 5.75 Å². The molecule has 5 nitrogen and oxygen atoms in total. The fraction of sp³-hybridized carbons (Fsp3) is 0.500. The van der Waals surface area contributed by atoms with Crippen molar-refractivity contribution in [2.75, 3.05) is 26.3 Å². The van der Waals surface area contributed by atoms with Crippen LogP contribution < -0.4 is 15.4 Å². The van der Waals surface area contributed by atoms with Crippen molar-refractivity contribution in [2.45, 2.75) is 19.3 Å². The molecule has 104 valence electrons. The van der Waals surface area contributed by atoms with Gasteiger partial charge in [-0.2, -0.15) is 0 Å². The van der Waals surface area contributed by atoms with E-state index in [0.29, 0.717) is 19.5 Å². The van der Waals surface area contributed by atoms with Crippen LogP contribution in [0.3, 0.4) is 0 Å². The maximum Gasteiger partial charge on any atom is 0.314 e. The summed E-state index contributed by atoms with van der Waals surface area (Å²) in [6.45, 7) is 1.96. The van der Waals surface area contributed by atoms with Crippen LogP contribution >= 0.6 is 0 Å². The number of rotatable bonds is 6. The summed E-state index contributed by atoms with van der Waals surface area (Å²) in [4.78, 5) is 11.4. The summed E-state index contributed by atoms with van der Waals surface area (Å²) in [5.41, 5.74) is 2.46. The molecular formula is C14H20N2O3. The van der Waals surface area contributed by atoms with E-state index < -0.39 is 0 Å². The van der Waals surface area contributed by atoms with Crippen molar-refractivity contribution < 1.29 is 14.6 Å². The summed E-state index contributed by atoms with van der Waals surface area (Å²) in [6.07, 6.45) is 2.36. The van der Waals surface area contributed by atoms with E-state index >= 15 is 0 Å². The molecule has 0 spiro atoms. The lowest BCUT2D eigenvalue weighted by atomic mass is 10.1. The first kappa shape index (κ1) is 13.7. The predicted octanol–water partition coefficient (Wildman–Crippen LogP) is 0.846. The van der Waals surface area contributed by atoms with Gasteiger partial charge < -0.3 is 20.5 Å². The normalized spacial score (nSPS) is 12.7. The van der Waals surface area contributed by atoms with Gasteiger partial charge in [-0.1, -0.05) is 12.1 Å². The Hall–Kier alpha value is -1.75. The molecule has 1 aromatic rings. The highest BCUT2D eigenvalue weighted by Gasteiger charge is 2.11. The molecule has 1 aliphatic rings. The molecule has 1 aliphatic heterocycles. The highest BCUT2D eigenvalue weighted by Crippen LogP contribution is 2.25. The zero-order chi connectivity index (χ0) is 13.5. The van der Waals surface area contributed by atoms with Crippen LogP contribution in [-0.4, -0.2) is 37.4 Å². The van der Waals surface area contributed by atoms with Crippen molar-refractivity contribution in [2.24, 2.45) is 0 Å². The second-order valence-electron chi connectivity index (χ2n) is 4.55. The van der Waals surface area contributed by atoms with Crippen molar-refractivity contribution >= 4 is 6.03 Å². The fourth-order valence-electron chi connectivity index (χ4n) is 2.06. The third-order valence-corrected chi connectivity index (χ3v) is 3.07. The summed E-state index contributed by atoms with van der Waals surface area (Å²) in [7, 11) is 0. The van der Waals surface area contributed by atoms with Gasteiger partial charge in [0, 0.05) is 26.1 Å². The van der Waals surface area contributed by atoms with E-state index in [1.54, 1.807) is 0 Å². The van der Waals surface area contributed by atoms with E-state index in [1.807, 2.05) is 12.1 Å². The molecule has 0 bridgehead atoms. The molecule has 0 unspecified atom stereocenters. The molecule has 3 N–H and O–H groups in total. The Morgan fingerprint density at radius 1 is 1.32 bits per heavy atom. The largest absolute Gasteiger partial charge is 0.493 e. The number of urea groups is 1. The van der Waals surface area contributed by atoms with Crippen LogP contribution in [0.15, 0.2) is 18.2 Å². The second kappa shape index (κ2) is 6.99. The first-order chi connectivity index (χ1) is 9.29. The molecule has 2 amide bonds. The first-order valence-corrected chi connectivity index (χ1v) is 6.67. The van der Waals surface area contributed by atoms with Crippen molar-refractivity contribution in [3.05, 3.63) is 29.3 Å². The molecule has 1 aromatic carbocycles. The van der Waals surface area contributed by atoms with Gasteiger partial charge >= 0.3 is 6.03 Å². The van der Waals surface area contributed by atoms with Gasteiger partial charge in [-0.25, -0.2) is 4.79 Å². The number of hydrogen-bond acceptors (Lipinski definition) is 3. The monoisotopic (exact) mass is 264 g/mol. The lowest BCUT2D eigenvalue weighted by Crippen LogP contribution is -2.37. The quantitative estimate of drug-likeness (QED) is 0.667. The smallest absolute Gasteiger partial charge is 0.314 e. The number of amides is 2. The van der Waals surface area contributed by atoms with E-state index in [9.17, 15) is 4.79 Å². The Bertz CT molecular complexity index is 435. The average Bonchev–Trinajstić information content (AvgIpc) is 2.86. The van der Waals surface area contributed by atoms with Crippen LogP contribution in [0.2, 0.25) is 0 Å². The number of nitrogens with one attached hydrogen (secondary N) is 2. The molecule has 0 fully saturated rings. The summed E-state index contributed by atoms with van der Waals surface area (Å²) in [5, 5.41) is 14.1. The summed E-state index contributed by atoms with van der Waals surface area (Å²) in [5.74, 6) is 0.985. The third kappa shape index (κ3) is 4.13. The van der Waals surface area contributed by atoms with E-state index in [0.717, 1.165) is 25.2 Å². The highest BCUT2D eigenvalue weighted by molar-refractivity contribution is 5.73. The molecule has 5 heteroatoms. The summed E-state index contributed by atoms with van der Waals surface area (Å²) in [6, 6.07) is 6.00. The standard InChI is InChI=1S/C14H20N2O3/c17-8-1-6-15-14(18)16-7-4-11-2-3-13-12(10-11)5-9-19-13/h2-3,10,17H,1,4-9H2,(H2,15,16,18). The van der Waals surface area contributed by atoms with Gasteiger partial charge in [0.25, 0.3) is 0 Å². The van der Waals surface area contributed by atoms with Crippen molar-refractivity contribution in [1.82, 2.24) is 10.6 Å². The molecule has 0 radical (unpaired) electrons. The number of aliphatic hydroxyl groups is 1. The maximum atomic E-state index is 11.4. The van der Waals surface area contributed by atoms with E-state index in [1.165, 1.54) is 11.1 Å². The van der Waals surface area contributed by atoms with Crippen molar-refractivity contribution in [3.63, 3.8) is 0 Å². The van der Waals surface area contributed by atoms with Crippen LogP contribution in [0.5, 0.6) is 5.75 Å². The maximum absolute atomic E-state index is 11.4. The van der Waals surface area contributed by atoms with Crippen LogP contribution in [-0.2, 0) is 12.8 Å². The number of carbonyl (C=O) groups excluding carboxylic acids is 1. The second-order valence-corrected chi connectivity index (χ2v) is 4.55. The number of hydrogen-bond donors (Lipinski definition) is 3. The van der Waals surface area contributed by atoms with Crippen LogP contribution in [0.25, 0.3) is 0 Å². The summed E-state index contributed by atoms with van der Waals surface area (Å²) < 4.78 is 5.45. The molecule has 0 aromatic heterocycles. The number of fused-ring (bicyclic) bond motifs is 1. The van der Waals surface area contributed by atoms with Gasteiger partial charge in [-0.05, 0) is 30.0 Å². The van der Waals surface area contributed by atoms with Crippen LogP contribution in [0, 0.1) is 0 Å².